The van der Waals surface area contributed by atoms with E-state index in [1.165, 1.54) is 16.2 Å². The van der Waals surface area contributed by atoms with E-state index in [1.54, 1.807) is 30.1 Å². The molecule has 4 N–H and O–H groups in total. The first-order valence-corrected chi connectivity index (χ1v) is 13.5. The minimum absolute atomic E-state index is 0.0122. The number of nitrogens with zero attached hydrogens (tertiary/aromatic N) is 3. The molecule has 0 fully saturated rings. The molecular formula is C23H36N6O5S2. The molecule has 0 aliphatic rings. The summed E-state index contributed by atoms with van der Waals surface area (Å²) in [5.41, 5.74) is 2.45. The summed E-state index contributed by atoms with van der Waals surface area (Å²) >= 11 is 2.94. The monoisotopic (exact) mass is 540 g/mol. The number of aliphatic hydroxyl groups excluding tert-OH is 1. The van der Waals surface area contributed by atoms with E-state index in [4.69, 9.17) is 4.74 Å². The summed E-state index contributed by atoms with van der Waals surface area (Å²) < 4.78 is 5.03. The van der Waals surface area contributed by atoms with Crippen molar-refractivity contribution < 1.29 is 24.2 Å². The van der Waals surface area contributed by atoms with Crippen LogP contribution in [0.5, 0.6) is 0 Å². The average Bonchev–Trinajstić information content (AvgIpc) is 3.51. The maximum atomic E-state index is 12.7. The molecule has 0 aliphatic carbocycles. The fourth-order valence-corrected chi connectivity index (χ4v) is 4.36. The first kappa shape index (κ1) is 29.5. The molecule has 2 rings (SSSR count). The summed E-state index contributed by atoms with van der Waals surface area (Å²) in [7, 11) is 1.66. The van der Waals surface area contributed by atoms with Gasteiger partial charge in [0.15, 0.2) is 0 Å². The normalized spacial score (nSPS) is 12.8. The van der Waals surface area contributed by atoms with Crippen molar-refractivity contribution in [2.24, 2.45) is 5.92 Å². The number of amides is 4. The fourth-order valence-electron chi connectivity index (χ4n) is 3.03. The van der Waals surface area contributed by atoms with Crippen LogP contribution in [-0.2, 0) is 22.7 Å². The molecule has 0 saturated heterocycles. The quantitative estimate of drug-likeness (QED) is 0.306. The van der Waals surface area contributed by atoms with Gasteiger partial charge in [0.05, 0.1) is 33.7 Å². The Bertz CT molecular complexity index is 966. The van der Waals surface area contributed by atoms with E-state index in [2.05, 4.69) is 39.8 Å². The Kier molecular flexibility index (Phi) is 12.0. The van der Waals surface area contributed by atoms with Crippen LogP contribution in [0.3, 0.4) is 0 Å². The predicted octanol–water partition coefficient (Wildman–Crippen LogP) is 2.68. The summed E-state index contributed by atoms with van der Waals surface area (Å²) in [4.78, 5) is 47.8. The smallest absolute Gasteiger partial charge is 0.407 e. The molecule has 11 nitrogen and oxygen atoms in total. The molecular weight excluding hydrogens is 504 g/mol. The van der Waals surface area contributed by atoms with Crippen molar-refractivity contribution >= 4 is 40.7 Å². The van der Waals surface area contributed by atoms with Gasteiger partial charge in [-0.3, -0.25) is 9.78 Å². The zero-order valence-corrected chi connectivity index (χ0v) is 22.9. The minimum Gasteiger partial charge on any atom is -0.444 e. The summed E-state index contributed by atoms with van der Waals surface area (Å²) in [5.74, 6) is -0.158. The van der Waals surface area contributed by atoms with Gasteiger partial charge >= 0.3 is 12.1 Å². The highest BCUT2D eigenvalue weighted by molar-refractivity contribution is 7.09. The van der Waals surface area contributed by atoms with Crippen LogP contribution in [0.4, 0.5) is 9.59 Å². The molecule has 0 aromatic carbocycles. The lowest BCUT2D eigenvalue weighted by Crippen LogP contribution is -2.53. The number of nitrogens with one attached hydrogen (secondary N) is 3. The van der Waals surface area contributed by atoms with Crippen LogP contribution in [0, 0.1) is 5.92 Å². The highest BCUT2D eigenvalue weighted by atomic mass is 32.1. The van der Waals surface area contributed by atoms with Gasteiger partial charge in [-0.1, -0.05) is 27.7 Å². The minimum atomic E-state index is -0.867. The standard InChI is InChI=1S/C23H36N6O5S2/c1-14(2)19(28-22(32)29(5)10-16-12-35-21(27-16)15(3)4)20(31)25-7-6-17(30)8-26-23(33)34-11-18-9-24-13-36-18/h9,12-15,17,19,30H,6-8,10-11H2,1-5H3,(H,25,31)(H,26,33)(H,28,32)/t17-,19?/m0/s1. The van der Waals surface area contributed by atoms with Crippen molar-refractivity contribution in [1.82, 2.24) is 30.8 Å². The lowest BCUT2D eigenvalue weighted by Gasteiger charge is -2.25. The Morgan fingerprint density at radius 1 is 1.17 bits per heavy atom. The van der Waals surface area contributed by atoms with Crippen LogP contribution in [-0.4, -0.2) is 70.3 Å². The number of hydrogen-bond acceptors (Lipinski definition) is 9. The fraction of sp³-hybridized carbons (Fsp3) is 0.609. The molecule has 1 unspecified atom stereocenters. The van der Waals surface area contributed by atoms with Crippen molar-refractivity contribution in [2.75, 3.05) is 20.1 Å². The molecule has 2 heterocycles. The molecule has 200 valence electrons. The number of urea groups is 1. The van der Waals surface area contributed by atoms with Crippen molar-refractivity contribution in [2.45, 2.75) is 65.3 Å². The summed E-state index contributed by atoms with van der Waals surface area (Å²) in [6.45, 7) is 8.45. The summed E-state index contributed by atoms with van der Waals surface area (Å²) in [5, 5.41) is 21.1. The molecule has 4 amide bonds. The van der Waals surface area contributed by atoms with E-state index in [0.717, 1.165) is 15.6 Å². The third-order valence-electron chi connectivity index (χ3n) is 5.13. The average molecular weight is 541 g/mol. The van der Waals surface area contributed by atoms with Crippen LogP contribution in [0.15, 0.2) is 17.1 Å². The van der Waals surface area contributed by atoms with E-state index in [9.17, 15) is 19.5 Å². The van der Waals surface area contributed by atoms with Gasteiger partial charge < -0.3 is 30.7 Å². The van der Waals surface area contributed by atoms with Gasteiger partial charge in [0.1, 0.15) is 12.6 Å². The molecule has 0 bridgehead atoms. The van der Waals surface area contributed by atoms with E-state index in [-0.39, 0.29) is 44.0 Å². The number of alkyl carbamates (subject to hydrolysis) is 1. The third kappa shape index (κ3) is 10.1. The van der Waals surface area contributed by atoms with Crippen LogP contribution >= 0.6 is 22.7 Å². The van der Waals surface area contributed by atoms with Crippen LogP contribution < -0.4 is 16.0 Å². The highest BCUT2D eigenvalue weighted by Gasteiger charge is 2.25. The molecule has 0 spiro atoms. The number of aliphatic hydroxyl groups is 1. The third-order valence-corrected chi connectivity index (χ3v) is 7.07. The molecule has 0 saturated carbocycles. The summed E-state index contributed by atoms with van der Waals surface area (Å²) in [6.07, 6.45) is 0.329. The van der Waals surface area contributed by atoms with Gasteiger partial charge in [0, 0.05) is 37.6 Å². The molecule has 0 aliphatic heterocycles. The number of rotatable bonds is 13. The maximum Gasteiger partial charge on any atom is 0.407 e. The topological polar surface area (TPSA) is 146 Å². The second-order valence-electron chi connectivity index (χ2n) is 9.02. The number of carbonyl (C=O) groups excluding carboxylic acids is 3. The largest absolute Gasteiger partial charge is 0.444 e. The summed E-state index contributed by atoms with van der Waals surface area (Å²) in [6, 6.07) is -1.11. The number of thiazole rings is 2. The number of ether oxygens (including phenoxy) is 1. The van der Waals surface area contributed by atoms with Crippen molar-refractivity contribution in [3.63, 3.8) is 0 Å². The van der Waals surface area contributed by atoms with Crippen molar-refractivity contribution in [1.29, 1.82) is 0 Å². The van der Waals surface area contributed by atoms with E-state index >= 15 is 0 Å². The lowest BCUT2D eigenvalue weighted by atomic mass is 10.0. The first-order valence-electron chi connectivity index (χ1n) is 11.8. The number of hydrogen-bond donors (Lipinski definition) is 4. The Labute approximate surface area is 219 Å². The van der Waals surface area contributed by atoms with Gasteiger partial charge in [-0.05, 0) is 12.3 Å². The highest BCUT2D eigenvalue weighted by Crippen LogP contribution is 2.19. The van der Waals surface area contributed by atoms with Gasteiger partial charge in [0.2, 0.25) is 5.91 Å². The Morgan fingerprint density at radius 2 is 1.92 bits per heavy atom. The Balaban J connectivity index is 1.71. The molecule has 13 heteroatoms. The zero-order valence-electron chi connectivity index (χ0n) is 21.3. The predicted molar refractivity (Wildman–Crippen MR) is 139 cm³/mol. The number of aromatic nitrogens is 2. The molecule has 36 heavy (non-hydrogen) atoms. The van der Waals surface area contributed by atoms with E-state index in [1.807, 2.05) is 19.2 Å². The van der Waals surface area contributed by atoms with E-state index < -0.39 is 18.2 Å². The first-order chi connectivity index (χ1) is 17.1. The van der Waals surface area contributed by atoms with Gasteiger partial charge in [-0.25, -0.2) is 14.6 Å². The van der Waals surface area contributed by atoms with Crippen LogP contribution in [0.2, 0.25) is 0 Å². The van der Waals surface area contributed by atoms with Gasteiger partial charge in [0.25, 0.3) is 0 Å². The van der Waals surface area contributed by atoms with Crippen LogP contribution in [0.1, 0.15) is 55.6 Å². The maximum absolute atomic E-state index is 12.7. The Hall–Kier alpha value is -2.77. The van der Waals surface area contributed by atoms with Crippen molar-refractivity contribution in [3.05, 3.63) is 32.7 Å². The van der Waals surface area contributed by atoms with Crippen molar-refractivity contribution in [3.8, 4) is 0 Å². The zero-order chi connectivity index (χ0) is 26.7. The van der Waals surface area contributed by atoms with Gasteiger partial charge in [-0.15, -0.1) is 22.7 Å². The lowest BCUT2D eigenvalue weighted by molar-refractivity contribution is -0.124. The van der Waals surface area contributed by atoms with E-state index in [0.29, 0.717) is 12.5 Å². The Morgan fingerprint density at radius 3 is 2.53 bits per heavy atom. The van der Waals surface area contributed by atoms with Gasteiger partial charge in [-0.2, -0.15) is 0 Å². The molecule has 2 aromatic rings. The molecule has 2 aromatic heterocycles. The molecule has 0 radical (unpaired) electrons. The SMILES string of the molecule is CC(C)c1nc(CN(C)C(=O)NC(C(=O)NCC[C@H](O)CNC(=O)OCc2cncs2)C(C)C)cs1. The number of carbonyl (C=O) groups is 3. The second kappa shape index (κ2) is 14.7. The van der Waals surface area contributed by atoms with Crippen LogP contribution in [0.25, 0.3) is 0 Å². The molecule has 2 atom stereocenters. The second-order valence-corrected chi connectivity index (χ2v) is 10.9.